The van der Waals surface area contributed by atoms with E-state index in [2.05, 4.69) is 15.8 Å². The highest BCUT2D eigenvalue weighted by Crippen LogP contribution is 2.25. The molecule has 0 aliphatic rings. The summed E-state index contributed by atoms with van der Waals surface area (Å²) in [5.74, 6) is -1.22. The molecule has 3 rings (SSSR count). The molecule has 6 nitrogen and oxygen atoms in total. The largest absolute Gasteiger partial charge is 0.378 e. The maximum atomic E-state index is 13.4. The Hall–Kier alpha value is -3.93. The highest BCUT2D eigenvalue weighted by Gasteiger charge is 2.29. The molecule has 0 fully saturated rings. The van der Waals surface area contributed by atoms with Crippen molar-refractivity contribution in [3.8, 4) is 0 Å². The van der Waals surface area contributed by atoms with Crippen LogP contribution in [0.2, 0.25) is 0 Å². The van der Waals surface area contributed by atoms with Gasteiger partial charge in [0.15, 0.2) is 0 Å². The lowest BCUT2D eigenvalue weighted by Crippen LogP contribution is -2.50. The van der Waals surface area contributed by atoms with Crippen molar-refractivity contribution in [2.24, 2.45) is 11.0 Å². The van der Waals surface area contributed by atoms with Crippen LogP contribution in [-0.4, -0.2) is 38.2 Å². The van der Waals surface area contributed by atoms with Gasteiger partial charge in [-0.25, -0.2) is 5.43 Å². The summed E-state index contributed by atoms with van der Waals surface area (Å²) in [5.41, 5.74) is 6.26. The second kappa shape index (κ2) is 11.8. The van der Waals surface area contributed by atoms with E-state index in [4.69, 9.17) is 0 Å². The number of benzene rings is 3. The van der Waals surface area contributed by atoms with Crippen LogP contribution < -0.4 is 15.6 Å². The lowest BCUT2D eigenvalue weighted by Gasteiger charge is -2.24. The zero-order valence-corrected chi connectivity index (χ0v) is 20.1. The van der Waals surface area contributed by atoms with Gasteiger partial charge in [0.2, 0.25) is 5.91 Å². The number of carbonyl (C=O) groups excluding carboxylic acids is 2. The van der Waals surface area contributed by atoms with Crippen LogP contribution in [0.25, 0.3) is 0 Å². The van der Waals surface area contributed by atoms with Gasteiger partial charge in [0.1, 0.15) is 6.04 Å². The number of anilines is 1. The summed E-state index contributed by atoms with van der Waals surface area (Å²) in [4.78, 5) is 28.3. The minimum absolute atomic E-state index is 0.120. The van der Waals surface area contributed by atoms with Crippen molar-refractivity contribution in [1.29, 1.82) is 0 Å². The van der Waals surface area contributed by atoms with E-state index in [0.717, 1.165) is 22.4 Å². The number of rotatable bonds is 9. The fraction of sp³-hybridized carbons (Fsp3) is 0.250. The first-order chi connectivity index (χ1) is 16.4. The van der Waals surface area contributed by atoms with E-state index in [0.29, 0.717) is 0 Å². The van der Waals surface area contributed by atoms with Crippen LogP contribution >= 0.6 is 0 Å². The molecule has 34 heavy (non-hydrogen) atoms. The van der Waals surface area contributed by atoms with Gasteiger partial charge >= 0.3 is 0 Å². The number of hydrazone groups is 1. The number of nitrogens with zero attached hydrogens (tertiary/aromatic N) is 2. The van der Waals surface area contributed by atoms with Crippen molar-refractivity contribution in [3.63, 3.8) is 0 Å². The predicted molar refractivity (Wildman–Crippen MR) is 138 cm³/mol. The third-order valence-corrected chi connectivity index (χ3v) is 5.57. The normalized spacial score (nSPS) is 12.1. The molecule has 0 aliphatic heterocycles. The number of carbonyl (C=O) groups is 2. The lowest BCUT2D eigenvalue weighted by atomic mass is 9.89. The van der Waals surface area contributed by atoms with Crippen LogP contribution in [0.1, 0.15) is 36.5 Å². The Morgan fingerprint density at radius 1 is 0.794 bits per heavy atom. The van der Waals surface area contributed by atoms with Crippen LogP contribution in [0.4, 0.5) is 5.69 Å². The summed E-state index contributed by atoms with van der Waals surface area (Å²) in [6.07, 6.45) is 1.59. The van der Waals surface area contributed by atoms with Crippen molar-refractivity contribution in [2.75, 3.05) is 19.0 Å². The first-order valence-electron chi connectivity index (χ1n) is 11.4. The Bertz CT molecular complexity index is 1050. The monoisotopic (exact) mass is 456 g/mol. The third kappa shape index (κ3) is 6.54. The van der Waals surface area contributed by atoms with Crippen LogP contribution in [0, 0.1) is 5.92 Å². The molecule has 0 unspecified atom stereocenters. The molecular weight excluding hydrogens is 424 g/mol. The van der Waals surface area contributed by atoms with Gasteiger partial charge in [-0.05, 0) is 34.7 Å². The standard InChI is InChI=1S/C28H32N4O2/c1-20(2)26(28(34)31-29-19-21-15-17-24(18-16-21)32(3)4)30-27(33)25(22-11-7-5-8-12-22)23-13-9-6-10-14-23/h5-20,25-26H,1-4H3,(H,30,33)(H,31,34)/b29-19-/t26-/m0/s1. The third-order valence-electron chi connectivity index (χ3n) is 5.57. The first kappa shape index (κ1) is 24.7. The lowest BCUT2D eigenvalue weighted by molar-refractivity contribution is -0.130. The molecule has 0 radical (unpaired) electrons. The van der Waals surface area contributed by atoms with Crippen LogP contribution in [0.3, 0.4) is 0 Å². The van der Waals surface area contributed by atoms with Crippen molar-refractivity contribution >= 4 is 23.7 Å². The highest BCUT2D eigenvalue weighted by atomic mass is 16.2. The van der Waals surface area contributed by atoms with Crippen molar-refractivity contribution in [1.82, 2.24) is 10.7 Å². The second-order valence-electron chi connectivity index (χ2n) is 8.70. The number of amides is 2. The molecule has 3 aromatic carbocycles. The fourth-order valence-corrected chi connectivity index (χ4v) is 3.66. The summed E-state index contributed by atoms with van der Waals surface area (Å²) in [6, 6.07) is 26.2. The highest BCUT2D eigenvalue weighted by molar-refractivity contribution is 5.93. The summed E-state index contributed by atoms with van der Waals surface area (Å²) in [6.45, 7) is 3.79. The molecule has 0 saturated carbocycles. The van der Waals surface area contributed by atoms with E-state index in [1.807, 2.05) is 118 Å². The van der Waals surface area contributed by atoms with Gasteiger partial charge < -0.3 is 10.2 Å². The number of hydrogen-bond acceptors (Lipinski definition) is 4. The molecule has 0 saturated heterocycles. The average Bonchev–Trinajstić information content (AvgIpc) is 2.84. The summed E-state index contributed by atoms with van der Waals surface area (Å²) in [5, 5.41) is 7.05. The van der Waals surface area contributed by atoms with Gasteiger partial charge in [0, 0.05) is 19.8 Å². The second-order valence-corrected chi connectivity index (χ2v) is 8.70. The Labute approximate surface area is 201 Å². The zero-order chi connectivity index (χ0) is 24.5. The number of hydrogen-bond donors (Lipinski definition) is 2. The van der Waals surface area contributed by atoms with Gasteiger partial charge in [-0.2, -0.15) is 5.10 Å². The molecule has 6 heteroatoms. The van der Waals surface area contributed by atoms with E-state index in [-0.39, 0.29) is 17.7 Å². The molecule has 176 valence electrons. The molecular formula is C28H32N4O2. The molecule has 0 heterocycles. The summed E-state index contributed by atoms with van der Waals surface area (Å²) in [7, 11) is 3.95. The summed E-state index contributed by atoms with van der Waals surface area (Å²) < 4.78 is 0. The maximum absolute atomic E-state index is 13.4. The minimum Gasteiger partial charge on any atom is -0.378 e. The van der Waals surface area contributed by atoms with Crippen LogP contribution in [0.15, 0.2) is 90.0 Å². The maximum Gasteiger partial charge on any atom is 0.262 e. The van der Waals surface area contributed by atoms with Crippen molar-refractivity contribution in [2.45, 2.75) is 25.8 Å². The Kier molecular flexibility index (Phi) is 8.57. The fourth-order valence-electron chi connectivity index (χ4n) is 3.66. The molecule has 0 aliphatic carbocycles. The molecule has 0 bridgehead atoms. The van der Waals surface area contributed by atoms with Gasteiger partial charge in [-0.1, -0.05) is 86.6 Å². The Balaban J connectivity index is 1.72. The molecule has 0 aromatic heterocycles. The Morgan fingerprint density at radius 3 is 1.79 bits per heavy atom. The van der Waals surface area contributed by atoms with E-state index in [1.165, 1.54) is 0 Å². The van der Waals surface area contributed by atoms with Gasteiger partial charge in [-0.15, -0.1) is 0 Å². The van der Waals surface area contributed by atoms with Gasteiger partial charge in [0.25, 0.3) is 5.91 Å². The molecule has 3 aromatic rings. The minimum atomic E-state index is -0.726. The average molecular weight is 457 g/mol. The van der Waals surface area contributed by atoms with Crippen LogP contribution in [0.5, 0.6) is 0 Å². The molecule has 0 spiro atoms. The van der Waals surface area contributed by atoms with Gasteiger partial charge in [-0.3, -0.25) is 9.59 Å². The molecule has 2 N–H and O–H groups in total. The molecule has 2 amide bonds. The Morgan fingerprint density at radius 2 is 1.32 bits per heavy atom. The molecule has 1 atom stereocenters. The summed E-state index contributed by atoms with van der Waals surface area (Å²) >= 11 is 0. The van der Waals surface area contributed by atoms with Crippen molar-refractivity contribution < 1.29 is 9.59 Å². The zero-order valence-electron chi connectivity index (χ0n) is 20.1. The quantitative estimate of drug-likeness (QED) is 0.375. The van der Waals surface area contributed by atoms with E-state index in [9.17, 15) is 9.59 Å². The van der Waals surface area contributed by atoms with E-state index < -0.39 is 12.0 Å². The predicted octanol–water partition coefficient (Wildman–Crippen LogP) is 4.18. The van der Waals surface area contributed by atoms with E-state index >= 15 is 0 Å². The topological polar surface area (TPSA) is 73.8 Å². The number of nitrogens with one attached hydrogen (secondary N) is 2. The smallest absolute Gasteiger partial charge is 0.262 e. The first-order valence-corrected chi connectivity index (χ1v) is 11.4. The van der Waals surface area contributed by atoms with Crippen molar-refractivity contribution in [3.05, 3.63) is 102 Å². The van der Waals surface area contributed by atoms with E-state index in [1.54, 1.807) is 6.21 Å². The van der Waals surface area contributed by atoms with Gasteiger partial charge in [0.05, 0.1) is 12.1 Å². The van der Waals surface area contributed by atoms with Crippen LogP contribution in [-0.2, 0) is 9.59 Å². The SMILES string of the molecule is CC(C)[C@H](NC(=O)C(c1ccccc1)c1ccccc1)C(=O)N/N=C\c1ccc(N(C)C)cc1.